The summed E-state index contributed by atoms with van der Waals surface area (Å²) in [5.74, 6) is -0.00980. The highest BCUT2D eigenvalue weighted by Gasteiger charge is 2.28. The van der Waals surface area contributed by atoms with Gasteiger partial charge in [0.15, 0.2) is 5.69 Å². The van der Waals surface area contributed by atoms with E-state index in [-0.39, 0.29) is 24.5 Å². The maximum absolute atomic E-state index is 12.6. The predicted molar refractivity (Wildman–Crippen MR) is 116 cm³/mol. The molecule has 0 amide bonds. The minimum Gasteiger partial charge on any atom is -0.462 e. The van der Waals surface area contributed by atoms with Crippen molar-refractivity contribution in [2.45, 2.75) is 45.6 Å². The topological polar surface area (TPSA) is 85.6 Å². The van der Waals surface area contributed by atoms with Crippen LogP contribution in [0.25, 0.3) is 0 Å². The number of aryl methyl sites for hydroxylation is 1. The number of hydrogen-bond acceptors (Lipinski definition) is 6. The second-order valence-corrected chi connectivity index (χ2v) is 8.04. The van der Waals surface area contributed by atoms with Crippen molar-refractivity contribution in [3.05, 3.63) is 44.3 Å². The lowest BCUT2D eigenvalue weighted by molar-refractivity contribution is 0.0526. The molecule has 1 aliphatic heterocycles. The number of esters is 1. The number of Topliss-reactive ketones (excluding diaryl/α,β-unsaturated/α-hetero) is 1. The molecule has 0 unspecified atom stereocenters. The Morgan fingerprint density at radius 1 is 1.23 bits per heavy atom. The minimum absolute atomic E-state index is 0.0798. The number of ketones is 1. The molecule has 158 valence electrons. The molecule has 1 aromatic carbocycles. The number of nitrogens with zero attached hydrogens (tertiary/aromatic N) is 3. The fraction of sp³-hybridized carbons (Fsp3) is 0.429. The zero-order valence-electron chi connectivity index (χ0n) is 16.6. The van der Waals surface area contributed by atoms with E-state index in [9.17, 15) is 9.59 Å². The Bertz CT molecular complexity index is 1050. The molecule has 1 aliphatic carbocycles. The normalized spacial score (nSPS) is 15.2. The lowest BCUT2D eigenvalue weighted by atomic mass is 9.85. The molecule has 9 heteroatoms. The van der Waals surface area contributed by atoms with Crippen LogP contribution in [0.3, 0.4) is 0 Å². The molecule has 30 heavy (non-hydrogen) atoms. The standard InChI is InChI=1S/C21H22Cl2N4O3/c1-2-30-21(29)16-17(22)13-6-4-3-5-12(13)14(18(16)23)7-8-27-11-26-19-15(28)9-24-10-25-20(19)27/h10-11H,2-9H2,1H3,(H,24,25). The van der Waals surface area contributed by atoms with Gasteiger partial charge in [-0.15, -0.1) is 0 Å². The first-order valence-corrected chi connectivity index (χ1v) is 10.8. The fourth-order valence-electron chi connectivity index (χ4n) is 4.10. The van der Waals surface area contributed by atoms with Gasteiger partial charge in [0.2, 0.25) is 5.78 Å². The van der Waals surface area contributed by atoms with Crippen molar-refractivity contribution in [3.8, 4) is 0 Å². The Morgan fingerprint density at radius 2 is 2.00 bits per heavy atom. The molecule has 0 atom stereocenters. The summed E-state index contributed by atoms with van der Waals surface area (Å²) in [5, 5.41) is 3.80. The summed E-state index contributed by atoms with van der Waals surface area (Å²) >= 11 is 13.3. The van der Waals surface area contributed by atoms with Gasteiger partial charge in [-0.25, -0.2) is 9.78 Å². The number of aromatic nitrogens is 2. The number of imidazole rings is 1. The molecule has 7 nitrogen and oxygen atoms in total. The Labute approximate surface area is 184 Å². The van der Waals surface area contributed by atoms with Gasteiger partial charge in [-0.05, 0) is 55.7 Å². The predicted octanol–water partition coefficient (Wildman–Crippen LogP) is 4.12. The third-order valence-electron chi connectivity index (χ3n) is 5.51. The average Bonchev–Trinajstić information content (AvgIpc) is 3.04. The highest BCUT2D eigenvalue weighted by atomic mass is 35.5. The summed E-state index contributed by atoms with van der Waals surface area (Å²) in [5.41, 5.74) is 3.66. The van der Waals surface area contributed by atoms with Crippen molar-refractivity contribution < 1.29 is 14.3 Å². The summed E-state index contributed by atoms with van der Waals surface area (Å²) in [7, 11) is 0. The van der Waals surface area contributed by atoms with E-state index >= 15 is 0 Å². The highest BCUT2D eigenvalue weighted by Crippen LogP contribution is 2.40. The molecule has 4 rings (SSSR count). The van der Waals surface area contributed by atoms with Gasteiger partial charge in [0, 0.05) is 6.54 Å². The van der Waals surface area contributed by atoms with Gasteiger partial charge in [-0.2, -0.15) is 0 Å². The number of carbonyl (C=O) groups excluding carboxylic acids is 2. The van der Waals surface area contributed by atoms with Crippen LogP contribution < -0.4 is 5.32 Å². The number of aliphatic imine (C=N–C) groups is 1. The third kappa shape index (κ3) is 3.72. The van der Waals surface area contributed by atoms with Gasteiger partial charge >= 0.3 is 5.97 Å². The monoisotopic (exact) mass is 448 g/mol. The summed E-state index contributed by atoms with van der Waals surface area (Å²) in [4.78, 5) is 32.9. The number of anilines is 1. The van der Waals surface area contributed by atoms with Gasteiger partial charge in [0.1, 0.15) is 12.4 Å². The van der Waals surface area contributed by atoms with Crippen LogP contribution in [0.2, 0.25) is 10.0 Å². The first-order valence-electron chi connectivity index (χ1n) is 10.0. The van der Waals surface area contributed by atoms with Crippen LogP contribution in [0.15, 0.2) is 11.3 Å². The van der Waals surface area contributed by atoms with E-state index in [1.54, 1.807) is 13.3 Å². The van der Waals surface area contributed by atoms with Crippen LogP contribution in [-0.2, 0) is 30.5 Å². The van der Waals surface area contributed by atoms with Crippen molar-refractivity contribution in [1.29, 1.82) is 0 Å². The van der Waals surface area contributed by atoms with E-state index in [0.29, 0.717) is 34.5 Å². The van der Waals surface area contributed by atoms with Crippen molar-refractivity contribution in [1.82, 2.24) is 9.55 Å². The number of nitrogens with one attached hydrogen (secondary N) is 1. The number of benzene rings is 1. The molecule has 2 heterocycles. The van der Waals surface area contributed by atoms with E-state index in [4.69, 9.17) is 27.9 Å². The first-order chi connectivity index (χ1) is 14.5. The van der Waals surface area contributed by atoms with Gasteiger partial charge < -0.3 is 14.6 Å². The number of ether oxygens (including phenoxy) is 1. The molecule has 2 aliphatic rings. The van der Waals surface area contributed by atoms with Gasteiger partial charge in [0.05, 0.1) is 34.9 Å². The highest BCUT2D eigenvalue weighted by molar-refractivity contribution is 6.40. The van der Waals surface area contributed by atoms with Crippen molar-refractivity contribution in [3.63, 3.8) is 0 Å². The van der Waals surface area contributed by atoms with Crippen LogP contribution in [0.4, 0.5) is 5.82 Å². The number of rotatable bonds is 5. The summed E-state index contributed by atoms with van der Waals surface area (Å²) in [6.45, 7) is 2.62. The van der Waals surface area contributed by atoms with E-state index in [1.165, 1.54) is 6.34 Å². The first kappa shape index (κ1) is 20.9. The molecule has 1 N–H and O–H groups in total. The second-order valence-electron chi connectivity index (χ2n) is 7.29. The number of halogens is 2. The van der Waals surface area contributed by atoms with Crippen LogP contribution in [0.1, 0.15) is 57.3 Å². The SMILES string of the molecule is CCOC(=O)c1c(Cl)c2c(c(CCn3cnc4c3NC=NCC4=O)c1Cl)CCCC2. The molecule has 0 saturated carbocycles. The molecule has 0 saturated heterocycles. The molecule has 0 fully saturated rings. The number of carbonyl (C=O) groups is 2. The Morgan fingerprint density at radius 3 is 2.77 bits per heavy atom. The van der Waals surface area contributed by atoms with Crippen LogP contribution in [-0.4, -0.2) is 40.8 Å². The Hall–Kier alpha value is -2.38. The molecule has 0 spiro atoms. The lowest BCUT2D eigenvalue weighted by Gasteiger charge is -2.24. The smallest absolute Gasteiger partial charge is 0.341 e. The molecular formula is C21H22Cl2N4O3. The number of fused-ring (bicyclic) bond motifs is 2. The van der Waals surface area contributed by atoms with Crippen molar-refractivity contribution in [2.75, 3.05) is 18.5 Å². The van der Waals surface area contributed by atoms with E-state index in [1.807, 2.05) is 4.57 Å². The molecular weight excluding hydrogens is 427 g/mol. The fourth-order valence-corrected chi connectivity index (χ4v) is 4.91. The van der Waals surface area contributed by atoms with Crippen molar-refractivity contribution >= 4 is 47.1 Å². The average molecular weight is 449 g/mol. The summed E-state index contributed by atoms with van der Waals surface area (Å²) in [6, 6.07) is 0. The van der Waals surface area contributed by atoms with E-state index in [0.717, 1.165) is 42.4 Å². The van der Waals surface area contributed by atoms with Crippen molar-refractivity contribution in [2.24, 2.45) is 4.99 Å². The summed E-state index contributed by atoms with van der Waals surface area (Å²) < 4.78 is 7.07. The maximum atomic E-state index is 12.6. The largest absolute Gasteiger partial charge is 0.462 e. The maximum Gasteiger partial charge on any atom is 0.341 e. The third-order valence-corrected chi connectivity index (χ3v) is 6.35. The van der Waals surface area contributed by atoms with Crippen LogP contribution in [0, 0.1) is 0 Å². The zero-order valence-corrected chi connectivity index (χ0v) is 18.1. The second kappa shape index (κ2) is 8.78. The Kier molecular flexibility index (Phi) is 6.11. The van der Waals surface area contributed by atoms with Crippen LogP contribution in [0.5, 0.6) is 0 Å². The molecule has 1 aromatic heterocycles. The lowest BCUT2D eigenvalue weighted by Crippen LogP contribution is -2.16. The van der Waals surface area contributed by atoms with Crippen LogP contribution >= 0.6 is 23.2 Å². The Balaban J connectivity index is 1.71. The zero-order chi connectivity index (χ0) is 21.3. The summed E-state index contributed by atoms with van der Waals surface area (Å²) in [6.07, 6.45) is 7.49. The minimum atomic E-state index is -0.498. The van der Waals surface area contributed by atoms with E-state index < -0.39 is 5.97 Å². The van der Waals surface area contributed by atoms with E-state index in [2.05, 4.69) is 15.3 Å². The molecule has 0 radical (unpaired) electrons. The number of hydrogen-bond donors (Lipinski definition) is 1. The van der Waals surface area contributed by atoms with Gasteiger partial charge in [-0.3, -0.25) is 9.79 Å². The molecule has 0 bridgehead atoms. The van der Waals surface area contributed by atoms with Gasteiger partial charge in [-0.1, -0.05) is 23.2 Å². The molecule has 2 aromatic rings. The van der Waals surface area contributed by atoms with Gasteiger partial charge in [0.25, 0.3) is 0 Å². The quantitative estimate of drug-likeness (QED) is 0.694.